The molecule has 0 aromatic heterocycles. The van der Waals surface area contributed by atoms with Crippen LogP contribution in [-0.2, 0) is 0 Å². The van der Waals surface area contributed by atoms with Gasteiger partial charge in [0, 0.05) is 0 Å². The zero-order valence-electron chi connectivity index (χ0n) is 11.4. The van der Waals surface area contributed by atoms with Crippen molar-refractivity contribution < 1.29 is 0 Å². The van der Waals surface area contributed by atoms with Gasteiger partial charge in [-0.15, -0.1) is 0 Å². The highest BCUT2D eigenvalue weighted by Crippen LogP contribution is 2.74. The molecule has 0 spiro atoms. The van der Waals surface area contributed by atoms with Crippen LogP contribution in [0.15, 0.2) is 0 Å². The second-order valence-corrected chi connectivity index (χ2v) is 8.95. The minimum Gasteiger partial charge on any atom is -0.0599 e. The van der Waals surface area contributed by atoms with Crippen LogP contribution in [0.3, 0.4) is 0 Å². The first-order valence-corrected chi connectivity index (χ1v) is 8.14. The van der Waals surface area contributed by atoms with Crippen LogP contribution in [0.1, 0.15) is 52.4 Å². The Labute approximate surface area is 106 Å². The fourth-order valence-corrected chi connectivity index (χ4v) is 7.80. The summed E-state index contributed by atoms with van der Waals surface area (Å²) in [5, 5.41) is 0. The average Bonchev–Trinajstić information content (AvgIpc) is 2.93. The lowest BCUT2D eigenvalue weighted by molar-refractivity contribution is 0.0716. The Kier molecular flexibility index (Phi) is 1.61. The predicted octanol–water partition coefficient (Wildman–Crippen LogP) is 4.35. The SMILES string of the molecule is CC1(C)CC2C(C1)C1CC2C2C3CCC(C3)C12. The summed E-state index contributed by atoms with van der Waals surface area (Å²) in [5.41, 5.74) is 0.684. The minimum atomic E-state index is 0.684. The Balaban J connectivity index is 1.54. The second-order valence-electron chi connectivity index (χ2n) is 8.95. The van der Waals surface area contributed by atoms with Gasteiger partial charge in [0.25, 0.3) is 0 Å². The Morgan fingerprint density at radius 3 is 1.76 bits per heavy atom. The molecule has 0 saturated heterocycles. The Morgan fingerprint density at radius 1 is 0.706 bits per heavy atom. The highest BCUT2D eigenvalue weighted by atomic mass is 14.7. The summed E-state index contributed by atoms with van der Waals surface area (Å²) >= 11 is 0. The molecule has 5 aliphatic carbocycles. The lowest BCUT2D eigenvalue weighted by Gasteiger charge is -2.40. The van der Waals surface area contributed by atoms with Crippen LogP contribution in [0.4, 0.5) is 0 Å². The van der Waals surface area contributed by atoms with E-state index in [4.69, 9.17) is 0 Å². The van der Waals surface area contributed by atoms with Gasteiger partial charge in [-0.2, -0.15) is 0 Å². The zero-order chi connectivity index (χ0) is 11.4. The van der Waals surface area contributed by atoms with E-state index in [1.54, 1.807) is 38.5 Å². The van der Waals surface area contributed by atoms with E-state index in [-0.39, 0.29) is 0 Å². The van der Waals surface area contributed by atoms with Gasteiger partial charge in [0.2, 0.25) is 0 Å². The molecule has 0 aromatic rings. The van der Waals surface area contributed by atoms with Gasteiger partial charge in [-0.3, -0.25) is 0 Å². The van der Waals surface area contributed by atoms with Crippen molar-refractivity contribution in [3.05, 3.63) is 0 Å². The van der Waals surface area contributed by atoms with E-state index in [1.165, 1.54) is 35.5 Å². The van der Waals surface area contributed by atoms with E-state index in [2.05, 4.69) is 13.8 Å². The highest BCUT2D eigenvalue weighted by Gasteiger charge is 2.67. The lowest BCUT2D eigenvalue weighted by atomic mass is 9.64. The highest BCUT2D eigenvalue weighted by molar-refractivity contribution is 5.15. The first-order chi connectivity index (χ1) is 8.14. The van der Waals surface area contributed by atoms with E-state index in [1.807, 2.05) is 0 Å². The molecular formula is C17H26. The smallest absolute Gasteiger partial charge is 0.0321 e. The molecular weight excluding hydrogens is 204 g/mol. The monoisotopic (exact) mass is 230 g/mol. The van der Waals surface area contributed by atoms with E-state index >= 15 is 0 Å². The normalized spacial score (nSPS) is 65.3. The summed E-state index contributed by atoms with van der Waals surface area (Å²) in [4.78, 5) is 0. The summed E-state index contributed by atoms with van der Waals surface area (Å²) < 4.78 is 0. The van der Waals surface area contributed by atoms with Crippen molar-refractivity contribution in [2.45, 2.75) is 52.4 Å². The van der Waals surface area contributed by atoms with Crippen molar-refractivity contribution in [2.24, 2.45) is 52.8 Å². The topological polar surface area (TPSA) is 0 Å². The number of rotatable bonds is 0. The zero-order valence-corrected chi connectivity index (χ0v) is 11.4. The molecule has 0 nitrogen and oxygen atoms in total. The minimum absolute atomic E-state index is 0.684. The summed E-state index contributed by atoms with van der Waals surface area (Å²) in [6, 6.07) is 0. The van der Waals surface area contributed by atoms with Crippen molar-refractivity contribution in [1.29, 1.82) is 0 Å². The van der Waals surface area contributed by atoms with Crippen molar-refractivity contribution in [1.82, 2.24) is 0 Å². The molecule has 8 atom stereocenters. The Morgan fingerprint density at radius 2 is 1.24 bits per heavy atom. The molecule has 5 saturated carbocycles. The van der Waals surface area contributed by atoms with E-state index in [9.17, 15) is 0 Å². The summed E-state index contributed by atoms with van der Waals surface area (Å²) in [7, 11) is 0. The van der Waals surface area contributed by atoms with Crippen LogP contribution in [-0.4, -0.2) is 0 Å². The molecule has 4 bridgehead atoms. The standard InChI is InChI=1S/C17H26/c1-17(2)7-13-11-6-12(14(13)8-17)16-10-4-3-9(5-10)15(11)16/h9-16H,3-8H2,1-2H3. The van der Waals surface area contributed by atoms with Gasteiger partial charge in [-0.05, 0) is 91.3 Å². The molecule has 94 valence electrons. The largest absolute Gasteiger partial charge is 0.0599 e. The molecule has 0 aromatic carbocycles. The second kappa shape index (κ2) is 2.78. The van der Waals surface area contributed by atoms with Crippen LogP contribution >= 0.6 is 0 Å². The molecule has 0 radical (unpaired) electrons. The lowest BCUT2D eigenvalue weighted by Crippen LogP contribution is -2.35. The molecule has 0 aliphatic heterocycles. The van der Waals surface area contributed by atoms with Gasteiger partial charge in [0.15, 0.2) is 0 Å². The van der Waals surface area contributed by atoms with E-state index in [0.717, 1.165) is 11.8 Å². The van der Waals surface area contributed by atoms with Crippen molar-refractivity contribution in [3.63, 3.8) is 0 Å². The van der Waals surface area contributed by atoms with Gasteiger partial charge in [-0.1, -0.05) is 13.8 Å². The third-order valence-electron chi connectivity index (χ3n) is 7.81. The Hall–Kier alpha value is 0. The fourth-order valence-electron chi connectivity index (χ4n) is 7.80. The van der Waals surface area contributed by atoms with Gasteiger partial charge in [0.05, 0.1) is 0 Å². The first-order valence-electron chi connectivity index (χ1n) is 8.14. The summed E-state index contributed by atoms with van der Waals surface area (Å²) in [6.07, 6.45) is 9.66. The van der Waals surface area contributed by atoms with Gasteiger partial charge < -0.3 is 0 Å². The quantitative estimate of drug-likeness (QED) is 0.543. The third kappa shape index (κ3) is 1.04. The molecule has 0 amide bonds. The van der Waals surface area contributed by atoms with Gasteiger partial charge >= 0.3 is 0 Å². The average molecular weight is 230 g/mol. The fraction of sp³-hybridized carbons (Fsp3) is 1.00. The molecule has 0 N–H and O–H groups in total. The maximum Gasteiger partial charge on any atom is -0.0321 e. The summed E-state index contributed by atoms with van der Waals surface area (Å²) in [6.45, 7) is 5.07. The molecule has 0 heteroatoms. The van der Waals surface area contributed by atoms with E-state index < -0.39 is 0 Å². The van der Waals surface area contributed by atoms with Crippen molar-refractivity contribution >= 4 is 0 Å². The van der Waals surface area contributed by atoms with Crippen molar-refractivity contribution in [2.75, 3.05) is 0 Å². The third-order valence-corrected chi connectivity index (χ3v) is 7.81. The van der Waals surface area contributed by atoms with Crippen LogP contribution < -0.4 is 0 Å². The van der Waals surface area contributed by atoms with Crippen LogP contribution in [0.5, 0.6) is 0 Å². The molecule has 0 heterocycles. The van der Waals surface area contributed by atoms with Crippen LogP contribution in [0.2, 0.25) is 0 Å². The number of fused-ring (bicyclic) bond motifs is 12. The molecule has 5 fully saturated rings. The molecule has 8 unspecified atom stereocenters. The van der Waals surface area contributed by atoms with Gasteiger partial charge in [0.1, 0.15) is 0 Å². The van der Waals surface area contributed by atoms with Gasteiger partial charge in [-0.25, -0.2) is 0 Å². The maximum atomic E-state index is 2.54. The number of hydrogen-bond acceptors (Lipinski definition) is 0. The molecule has 5 rings (SSSR count). The molecule has 5 aliphatic rings. The number of hydrogen-bond donors (Lipinski definition) is 0. The van der Waals surface area contributed by atoms with Crippen molar-refractivity contribution in [3.8, 4) is 0 Å². The van der Waals surface area contributed by atoms with Crippen LogP contribution in [0, 0.1) is 52.8 Å². The Bertz CT molecular complexity index is 336. The summed E-state index contributed by atoms with van der Waals surface area (Å²) in [5.74, 6) is 9.50. The molecule has 17 heavy (non-hydrogen) atoms. The first kappa shape index (κ1) is 9.87. The van der Waals surface area contributed by atoms with E-state index in [0.29, 0.717) is 5.41 Å². The predicted molar refractivity (Wildman–Crippen MR) is 69.4 cm³/mol. The maximum absolute atomic E-state index is 2.54. The van der Waals surface area contributed by atoms with Crippen LogP contribution in [0.25, 0.3) is 0 Å².